The first-order valence-electron chi connectivity index (χ1n) is 8.64. The highest BCUT2D eigenvalue weighted by Gasteiger charge is 2.14. The van der Waals surface area contributed by atoms with Crippen LogP contribution in [0.2, 0.25) is 0 Å². The molecule has 0 saturated heterocycles. The van der Waals surface area contributed by atoms with Crippen molar-refractivity contribution in [1.29, 1.82) is 0 Å². The zero-order chi connectivity index (χ0) is 17.2. The van der Waals surface area contributed by atoms with Gasteiger partial charge in [0.2, 0.25) is 0 Å². The lowest BCUT2D eigenvalue weighted by Gasteiger charge is -2.10. The lowest BCUT2D eigenvalue weighted by molar-refractivity contribution is 0.623. The molecule has 1 aromatic carbocycles. The van der Waals surface area contributed by atoms with Gasteiger partial charge in [-0.3, -0.25) is 0 Å². The molecule has 4 aromatic rings. The normalized spacial score (nSPS) is 11.3. The summed E-state index contributed by atoms with van der Waals surface area (Å²) in [5.74, 6) is 1.98. The number of imidazole rings is 2. The van der Waals surface area contributed by atoms with Gasteiger partial charge in [0, 0.05) is 30.7 Å². The van der Waals surface area contributed by atoms with Crippen LogP contribution in [0.4, 0.5) is 0 Å². The Bertz CT molecular complexity index is 1010. The van der Waals surface area contributed by atoms with Gasteiger partial charge in [-0.25, -0.2) is 15.0 Å². The van der Waals surface area contributed by atoms with Gasteiger partial charge in [-0.05, 0) is 31.5 Å². The predicted molar refractivity (Wildman–Crippen MR) is 99.3 cm³/mol. The largest absolute Gasteiger partial charge is 0.323 e. The third-order valence-corrected chi connectivity index (χ3v) is 4.33. The van der Waals surface area contributed by atoms with Gasteiger partial charge in [0.05, 0.1) is 6.54 Å². The molecule has 3 heterocycles. The van der Waals surface area contributed by atoms with Gasteiger partial charge in [0.25, 0.3) is 0 Å². The summed E-state index contributed by atoms with van der Waals surface area (Å²) in [5.41, 5.74) is 4.26. The Hall–Kier alpha value is -2.95. The van der Waals surface area contributed by atoms with Crippen LogP contribution in [0.15, 0.2) is 55.0 Å². The van der Waals surface area contributed by atoms with Crippen molar-refractivity contribution in [2.45, 2.75) is 33.4 Å². The lowest BCUT2D eigenvalue weighted by atomic mass is 10.1. The Morgan fingerprint density at radius 2 is 1.96 bits per heavy atom. The summed E-state index contributed by atoms with van der Waals surface area (Å²) in [6.45, 7) is 5.87. The van der Waals surface area contributed by atoms with Gasteiger partial charge in [0.15, 0.2) is 5.65 Å². The smallest absolute Gasteiger partial charge is 0.160 e. The van der Waals surface area contributed by atoms with Crippen LogP contribution in [0, 0.1) is 6.92 Å². The molecule has 3 aromatic heterocycles. The Kier molecular flexibility index (Phi) is 4.06. The summed E-state index contributed by atoms with van der Waals surface area (Å²) in [5, 5.41) is 0. The zero-order valence-electron chi connectivity index (χ0n) is 14.6. The highest BCUT2D eigenvalue weighted by molar-refractivity contribution is 5.71. The maximum Gasteiger partial charge on any atom is 0.160 e. The average Bonchev–Trinajstić information content (AvgIpc) is 3.21. The molecule has 5 heteroatoms. The summed E-state index contributed by atoms with van der Waals surface area (Å²) in [6, 6.07) is 12.4. The van der Waals surface area contributed by atoms with Crippen molar-refractivity contribution in [3.63, 3.8) is 0 Å². The molecule has 0 amide bonds. The second-order valence-electron chi connectivity index (χ2n) is 6.27. The molecule has 0 N–H and O–H groups in total. The van der Waals surface area contributed by atoms with Crippen molar-refractivity contribution in [2.75, 3.05) is 0 Å². The molecule has 25 heavy (non-hydrogen) atoms. The van der Waals surface area contributed by atoms with Gasteiger partial charge >= 0.3 is 0 Å². The number of fused-ring (bicyclic) bond motifs is 1. The van der Waals surface area contributed by atoms with E-state index in [0.29, 0.717) is 6.54 Å². The molecule has 0 bridgehead atoms. The molecular formula is C20H21N5. The molecule has 0 radical (unpaired) electrons. The molecule has 0 atom stereocenters. The van der Waals surface area contributed by atoms with Crippen molar-refractivity contribution in [2.24, 2.45) is 0 Å². The SMILES string of the molecule is CCCn1c(Cn2ccnc2-c2cccc(C)c2)nc2cccnc21. The maximum absolute atomic E-state index is 4.81. The number of hydrogen-bond acceptors (Lipinski definition) is 3. The fourth-order valence-corrected chi connectivity index (χ4v) is 3.22. The van der Waals surface area contributed by atoms with Crippen molar-refractivity contribution in [3.8, 4) is 11.4 Å². The van der Waals surface area contributed by atoms with E-state index in [1.165, 1.54) is 5.56 Å². The number of pyridine rings is 1. The summed E-state index contributed by atoms with van der Waals surface area (Å²) >= 11 is 0. The van der Waals surface area contributed by atoms with Crippen molar-refractivity contribution in [3.05, 3.63) is 66.4 Å². The maximum atomic E-state index is 4.81. The Morgan fingerprint density at radius 3 is 2.80 bits per heavy atom. The molecule has 0 aliphatic heterocycles. The molecule has 0 aliphatic rings. The van der Waals surface area contributed by atoms with Crippen LogP contribution in [0.5, 0.6) is 0 Å². The molecule has 5 nitrogen and oxygen atoms in total. The van der Waals surface area contributed by atoms with Gasteiger partial charge in [-0.2, -0.15) is 0 Å². The van der Waals surface area contributed by atoms with Crippen molar-refractivity contribution in [1.82, 2.24) is 24.1 Å². The van der Waals surface area contributed by atoms with E-state index in [-0.39, 0.29) is 0 Å². The van der Waals surface area contributed by atoms with Crippen LogP contribution in [0.25, 0.3) is 22.6 Å². The molecule has 0 saturated carbocycles. The molecule has 0 spiro atoms. The van der Waals surface area contributed by atoms with Crippen LogP contribution in [-0.4, -0.2) is 24.1 Å². The van der Waals surface area contributed by atoms with Gasteiger partial charge < -0.3 is 9.13 Å². The molecule has 0 unspecified atom stereocenters. The summed E-state index contributed by atoms with van der Waals surface area (Å²) in [6.07, 6.45) is 6.74. The van der Waals surface area contributed by atoms with Gasteiger partial charge in [-0.15, -0.1) is 0 Å². The first-order valence-corrected chi connectivity index (χ1v) is 8.64. The number of hydrogen-bond donors (Lipinski definition) is 0. The zero-order valence-corrected chi connectivity index (χ0v) is 14.6. The molecule has 4 rings (SSSR count). The molecular weight excluding hydrogens is 310 g/mol. The summed E-state index contributed by atoms with van der Waals surface area (Å²) in [4.78, 5) is 13.9. The second kappa shape index (κ2) is 6.51. The molecule has 0 fully saturated rings. The van der Waals surface area contributed by atoms with Crippen molar-refractivity contribution < 1.29 is 0 Å². The van der Waals surface area contributed by atoms with E-state index in [1.54, 1.807) is 0 Å². The monoisotopic (exact) mass is 331 g/mol. The standard InChI is InChI=1S/C20H21N5/c1-3-11-25-18(23-17-8-5-9-21-20(17)25)14-24-12-10-22-19(24)16-7-4-6-15(2)13-16/h4-10,12-13H,3,11,14H2,1-2H3. The summed E-state index contributed by atoms with van der Waals surface area (Å²) < 4.78 is 4.37. The lowest BCUT2D eigenvalue weighted by Crippen LogP contribution is -2.09. The number of rotatable bonds is 5. The van der Waals surface area contributed by atoms with E-state index in [1.807, 2.05) is 30.7 Å². The van der Waals surface area contributed by atoms with Crippen LogP contribution in [-0.2, 0) is 13.1 Å². The van der Waals surface area contributed by atoms with Gasteiger partial charge in [0.1, 0.15) is 17.2 Å². The third-order valence-electron chi connectivity index (χ3n) is 4.33. The second-order valence-corrected chi connectivity index (χ2v) is 6.27. The van der Waals surface area contributed by atoms with Crippen LogP contribution in [0.1, 0.15) is 24.7 Å². The van der Waals surface area contributed by atoms with E-state index < -0.39 is 0 Å². The van der Waals surface area contributed by atoms with E-state index in [9.17, 15) is 0 Å². The fourth-order valence-electron chi connectivity index (χ4n) is 3.22. The fraction of sp³-hybridized carbons (Fsp3) is 0.250. The molecule has 0 aliphatic carbocycles. The quantitative estimate of drug-likeness (QED) is 0.554. The van der Waals surface area contributed by atoms with Gasteiger partial charge in [-0.1, -0.05) is 30.7 Å². The predicted octanol–water partition coefficient (Wildman–Crippen LogP) is 4.06. The minimum atomic E-state index is 0.680. The Morgan fingerprint density at radius 1 is 1.04 bits per heavy atom. The number of aryl methyl sites for hydroxylation is 2. The van der Waals surface area contributed by atoms with Crippen molar-refractivity contribution >= 4 is 11.2 Å². The van der Waals surface area contributed by atoms with E-state index in [0.717, 1.165) is 41.3 Å². The van der Waals surface area contributed by atoms with E-state index >= 15 is 0 Å². The van der Waals surface area contributed by atoms with Crippen LogP contribution in [0.3, 0.4) is 0 Å². The minimum Gasteiger partial charge on any atom is -0.323 e. The first-order chi connectivity index (χ1) is 12.3. The third kappa shape index (κ3) is 2.93. The molecule has 126 valence electrons. The Labute approximate surface area is 147 Å². The Balaban J connectivity index is 1.76. The number of aromatic nitrogens is 5. The topological polar surface area (TPSA) is 48.5 Å². The highest BCUT2D eigenvalue weighted by atomic mass is 15.2. The average molecular weight is 331 g/mol. The number of nitrogens with zero attached hydrogens (tertiary/aromatic N) is 5. The van der Waals surface area contributed by atoms with E-state index in [4.69, 9.17) is 4.98 Å². The highest BCUT2D eigenvalue weighted by Crippen LogP contribution is 2.21. The van der Waals surface area contributed by atoms with Crippen LogP contribution >= 0.6 is 0 Å². The first kappa shape index (κ1) is 15.6. The van der Waals surface area contributed by atoms with Crippen LogP contribution < -0.4 is 0 Å². The summed E-state index contributed by atoms with van der Waals surface area (Å²) in [7, 11) is 0. The number of benzene rings is 1. The van der Waals surface area contributed by atoms with E-state index in [2.05, 4.69) is 57.2 Å². The minimum absolute atomic E-state index is 0.680.